The van der Waals surface area contributed by atoms with Crippen LogP contribution in [0.5, 0.6) is 0 Å². The van der Waals surface area contributed by atoms with Crippen LogP contribution in [-0.4, -0.2) is 27.0 Å². The summed E-state index contributed by atoms with van der Waals surface area (Å²) >= 11 is 0. The quantitative estimate of drug-likeness (QED) is 0.729. The first kappa shape index (κ1) is 13.3. The van der Waals surface area contributed by atoms with Crippen molar-refractivity contribution < 1.29 is 4.79 Å². The lowest BCUT2D eigenvalue weighted by Crippen LogP contribution is -2.25. The van der Waals surface area contributed by atoms with Gasteiger partial charge < -0.3 is 9.88 Å². The summed E-state index contributed by atoms with van der Waals surface area (Å²) in [5, 5.41) is 4.05. The fraction of sp³-hybridized carbons (Fsp3) is 0.188. The zero-order chi connectivity index (χ0) is 14.5. The average Bonchev–Trinajstić information content (AvgIpc) is 2.95. The first-order chi connectivity index (χ1) is 10.3. The summed E-state index contributed by atoms with van der Waals surface area (Å²) in [6, 6.07) is 9.45. The second-order valence-electron chi connectivity index (χ2n) is 4.77. The van der Waals surface area contributed by atoms with Crippen molar-refractivity contribution in [1.82, 2.24) is 19.9 Å². The van der Waals surface area contributed by atoms with E-state index in [1.807, 2.05) is 18.3 Å². The number of amides is 1. The van der Waals surface area contributed by atoms with Crippen molar-refractivity contribution in [3.63, 3.8) is 0 Å². The van der Waals surface area contributed by atoms with Gasteiger partial charge in [-0.2, -0.15) is 0 Å². The predicted octanol–water partition coefficient (Wildman–Crippen LogP) is 2.25. The maximum atomic E-state index is 11.9. The fourth-order valence-electron chi connectivity index (χ4n) is 2.26. The van der Waals surface area contributed by atoms with Gasteiger partial charge in [-0.1, -0.05) is 0 Å². The lowest BCUT2D eigenvalue weighted by Gasteiger charge is -2.06. The number of carbonyl (C=O) groups excluding carboxylic acids is 1. The molecule has 3 aromatic rings. The third kappa shape index (κ3) is 3.08. The summed E-state index contributed by atoms with van der Waals surface area (Å²) in [5.74, 6) is -0.0621. The van der Waals surface area contributed by atoms with Gasteiger partial charge in [0, 0.05) is 48.8 Å². The molecule has 0 atom stereocenters. The molecule has 0 unspecified atom stereocenters. The van der Waals surface area contributed by atoms with Gasteiger partial charge in [-0.15, -0.1) is 0 Å². The first-order valence-corrected chi connectivity index (χ1v) is 6.93. The Labute approximate surface area is 122 Å². The Morgan fingerprint density at radius 1 is 1.14 bits per heavy atom. The molecule has 3 aromatic heterocycles. The highest BCUT2D eigenvalue weighted by Crippen LogP contribution is 2.12. The van der Waals surface area contributed by atoms with Crippen molar-refractivity contribution in [2.24, 2.45) is 0 Å². The molecular formula is C16H16N4O. The van der Waals surface area contributed by atoms with Crippen LogP contribution < -0.4 is 5.32 Å². The minimum absolute atomic E-state index is 0.0621. The molecule has 0 aliphatic heterocycles. The Morgan fingerprint density at radius 3 is 2.86 bits per heavy atom. The van der Waals surface area contributed by atoms with E-state index in [1.165, 1.54) is 0 Å². The van der Waals surface area contributed by atoms with Gasteiger partial charge in [0.15, 0.2) is 0 Å². The van der Waals surface area contributed by atoms with Crippen LogP contribution in [0.15, 0.2) is 55.1 Å². The monoisotopic (exact) mass is 280 g/mol. The third-order valence-corrected chi connectivity index (χ3v) is 3.33. The van der Waals surface area contributed by atoms with Crippen LogP contribution >= 0.6 is 0 Å². The molecule has 0 aromatic carbocycles. The molecule has 0 bridgehead atoms. The third-order valence-electron chi connectivity index (χ3n) is 3.33. The molecule has 0 saturated carbocycles. The van der Waals surface area contributed by atoms with Gasteiger partial charge in [0.25, 0.3) is 5.91 Å². The van der Waals surface area contributed by atoms with Gasteiger partial charge in [0.2, 0.25) is 0 Å². The SMILES string of the molecule is O=C(NCCCn1ccc2cccnc21)c1ccncc1. The van der Waals surface area contributed by atoms with Crippen molar-refractivity contribution in [3.05, 3.63) is 60.7 Å². The maximum Gasteiger partial charge on any atom is 0.251 e. The maximum absolute atomic E-state index is 11.9. The second-order valence-corrected chi connectivity index (χ2v) is 4.77. The zero-order valence-corrected chi connectivity index (χ0v) is 11.6. The summed E-state index contributed by atoms with van der Waals surface area (Å²) in [7, 11) is 0. The molecule has 0 aliphatic rings. The minimum atomic E-state index is -0.0621. The number of nitrogens with one attached hydrogen (secondary N) is 1. The van der Waals surface area contributed by atoms with E-state index in [0.717, 1.165) is 24.0 Å². The Kier molecular flexibility index (Phi) is 3.91. The first-order valence-electron chi connectivity index (χ1n) is 6.93. The average molecular weight is 280 g/mol. The van der Waals surface area contributed by atoms with E-state index < -0.39 is 0 Å². The van der Waals surface area contributed by atoms with Crippen LogP contribution in [0, 0.1) is 0 Å². The molecule has 106 valence electrons. The molecule has 3 rings (SSSR count). The highest BCUT2D eigenvalue weighted by molar-refractivity contribution is 5.93. The van der Waals surface area contributed by atoms with E-state index >= 15 is 0 Å². The minimum Gasteiger partial charge on any atom is -0.352 e. The van der Waals surface area contributed by atoms with Gasteiger partial charge in [-0.25, -0.2) is 4.98 Å². The molecule has 21 heavy (non-hydrogen) atoms. The molecule has 3 heterocycles. The molecule has 1 amide bonds. The number of pyridine rings is 2. The summed E-state index contributed by atoms with van der Waals surface area (Å²) < 4.78 is 2.11. The van der Waals surface area contributed by atoms with Crippen LogP contribution in [0.3, 0.4) is 0 Å². The Morgan fingerprint density at radius 2 is 2.00 bits per heavy atom. The normalized spacial score (nSPS) is 10.7. The molecule has 0 aliphatic carbocycles. The van der Waals surface area contributed by atoms with Crippen LogP contribution in [0.1, 0.15) is 16.8 Å². The standard InChI is InChI=1S/C16H16N4O/c21-16(14-4-9-17-10-5-14)19-8-2-11-20-12-6-13-3-1-7-18-15(13)20/h1,3-7,9-10,12H,2,8,11H2,(H,19,21). The van der Waals surface area contributed by atoms with E-state index in [4.69, 9.17) is 0 Å². The van der Waals surface area contributed by atoms with Crippen molar-refractivity contribution in [2.75, 3.05) is 6.54 Å². The lowest BCUT2D eigenvalue weighted by atomic mass is 10.2. The predicted molar refractivity (Wildman–Crippen MR) is 80.9 cm³/mol. The highest BCUT2D eigenvalue weighted by Gasteiger charge is 2.04. The van der Waals surface area contributed by atoms with Crippen LogP contribution in [0.25, 0.3) is 11.0 Å². The Balaban J connectivity index is 1.52. The second kappa shape index (κ2) is 6.17. The molecule has 5 heteroatoms. The van der Waals surface area contributed by atoms with Crippen LogP contribution in [0.4, 0.5) is 0 Å². The lowest BCUT2D eigenvalue weighted by molar-refractivity contribution is 0.0952. The van der Waals surface area contributed by atoms with Gasteiger partial charge in [0.1, 0.15) is 5.65 Å². The van der Waals surface area contributed by atoms with E-state index in [2.05, 4.69) is 25.9 Å². The molecule has 0 fully saturated rings. The van der Waals surface area contributed by atoms with Gasteiger partial charge in [0.05, 0.1) is 0 Å². The molecule has 5 nitrogen and oxygen atoms in total. The largest absolute Gasteiger partial charge is 0.352 e. The van der Waals surface area contributed by atoms with Gasteiger partial charge >= 0.3 is 0 Å². The molecule has 0 saturated heterocycles. The molecule has 0 spiro atoms. The van der Waals surface area contributed by atoms with Crippen molar-refractivity contribution in [3.8, 4) is 0 Å². The van der Waals surface area contributed by atoms with Crippen LogP contribution in [-0.2, 0) is 6.54 Å². The number of aryl methyl sites for hydroxylation is 1. The van der Waals surface area contributed by atoms with Gasteiger partial charge in [-0.3, -0.25) is 9.78 Å². The molecular weight excluding hydrogens is 264 g/mol. The van der Waals surface area contributed by atoms with Crippen LogP contribution in [0.2, 0.25) is 0 Å². The number of carbonyl (C=O) groups is 1. The highest BCUT2D eigenvalue weighted by atomic mass is 16.1. The summed E-state index contributed by atoms with van der Waals surface area (Å²) in [4.78, 5) is 20.1. The molecule has 1 N–H and O–H groups in total. The smallest absolute Gasteiger partial charge is 0.251 e. The zero-order valence-electron chi connectivity index (χ0n) is 11.6. The summed E-state index contributed by atoms with van der Waals surface area (Å²) in [6.45, 7) is 1.46. The van der Waals surface area contributed by atoms with Crippen molar-refractivity contribution in [2.45, 2.75) is 13.0 Å². The van der Waals surface area contributed by atoms with E-state index in [-0.39, 0.29) is 5.91 Å². The summed E-state index contributed by atoms with van der Waals surface area (Å²) in [6.07, 6.45) is 7.92. The number of fused-ring (bicyclic) bond motifs is 1. The van der Waals surface area contributed by atoms with E-state index in [1.54, 1.807) is 30.7 Å². The number of hydrogen-bond acceptors (Lipinski definition) is 3. The van der Waals surface area contributed by atoms with Gasteiger partial charge in [-0.05, 0) is 36.8 Å². The van der Waals surface area contributed by atoms with Crippen molar-refractivity contribution >= 4 is 16.9 Å². The Hall–Kier alpha value is -2.69. The van der Waals surface area contributed by atoms with E-state index in [9.17, 15) is 4.79 Å². The number of rotatable bonds is 5. The number of hydrogen-bond donors (Lipinski definition) is 1. The number of aromatic nitrogens is 3. The summed E-state index contributed by atoms with van der Waals surface area (Å²) in [5.41, 5.74) is 1.62. The topological polar surface area (TPSA) is 59.8 Å². The number of nitrogens with zero attached hydrogens (tertiary/aromatic N) is 3. The molecule has 0 radical (unpaired) electrons. The Bertz CT molecular complexity index is 736. The van der Waals surface area contributed by atoms with Crippen molar-refractivity contribution in [1.29, 1.82) is 0 Å². The van der Waals surface area contributed by atoms with E-state index in [0.29, 0.717) is 12.1 Å². The fourth-order valence-corrected chi connectivity index (χ4v) is 2.26.